The Morgan fingerprint density at radius 2 is 2.19 bits per heavy atom. The van der Waals surface area contributed by atoms with E-state index in [1.54, 1.807) is 0 Å². The van der Waals surface area contributed by atoms with E-state index in [1.807, 2.05) is 0 Å². The number of hydrogen-bond donors (Lipinski definition) is 1. The summed E-state index contributed by atoms with van der Waals surface area (Å²) in [7, 11) is 0. The molecule has 0 fully saturated rings. The van der Waals surface area contributed by atoms with E-state index in [0.717, 1.165) is 10.7 Å². The minimum atomic E-state index is -4.61. The van der Waals surface area contributed by atoms with Crippen LogP contribution in [0.3, 0.4) is 0 Å². The molecule has 0 atom stereocenters. The smallest absolute Gasteiger partial charge is 0.419 e. The van der Waals surface area contributed by atoms with Crippen LogP contribution in [-0.2, 0) is 17.5 Å². The Balaban J connectivity index is 2.36. The van der Waals surface area contributed by atoms with E-state index in [2.05, 4.69) is 36.4 Å². The minimum absolute atomic E-state index is 0.0993. The molecule has 2 rings (SSSR count). The number of rotatable bonds is 4. The van der Waals surface area contributed by atoms with Crippen LogP contribution in [0.2, 0.25) is 0 Å². The zero-order valence-corrected chi connectivity index (χ0v) is 12.3. The van der Waals surface area contributed by atoms with Crippen LogP contribution in [0.25, 0.3) is 0 Å². The Bertz CT molecular complexity index is 678. The average Bonchev–Trinajstić information content (AvgIpc) is 2.77. The van der Waals surface area contributed by atoms with Crippen molar-refractivity contribution in [3.8, 4) is 0 Å². The molecule has 0 aliphatic carbocycles. The lowest BCUT2D eigenvalue weighted by molar-refractivity contribution is -0.140. The molecule has 0 radical (unpaired) electrons. The number of hydrogen-bond acceptors (Lipinski definition) is 6. The van der Waals surface area contributed by atoms with Gasteiger partial charge in [0.05, 0.1) is 5.56 Å². The average molecular weight is 384 g/mol. The molecule has 7 nitrogen and oxygen atoms in total. The van der Waals surface area contributed by atoms with Crippen molar-refractivity contribution >= 4 is 33.7 Å². The third-order valence-electron chi connectivity index (χ3n) is 2.10. The molecule has 0 aromatic carbocycles. The standard InChI is InChI=1S/C9H5BrF3N5O2S/c10-4-1-5(9(11,12)13)7(14-2-4)21-8-15-16-17-18(8)3-6(19)20/h1-2H,3H2,(H,19,20). The summed E-state index contributed by atoms with van der Waals surface area (Å²) in [6, 6.07) is 0.876. The van der Waals surface area contributed by atoms with Crippen LogP contribution in [0.5, 0.6) is 0 Å². The molecular formula is C9H5BrF3N5O2S. The summed E-state index contributed by atoms with van der Waals surface area (Å²) >= 11 is 3.46. The molecule has 0 amide bonds. The predicted octanol–water partition coefficient (Wildman–Crippen LogP) is 2.09. The van der Waals surface area contributed by atoms with Gasteiger partial charge in [0.15, 0.2) is 0 Å². The maximum Gasteiger partial charge on any atom is 0.419 e. The van der Waals surface area contributed by atoms with E-state index < -0.39 is 24.3 Å². The van der Waals surface area contributed by atoms with Crippen molar-refractivity contribution in [2.75, 3.05) is 0 Å². The van der Waals surface area contributed by atoms with Crippen molar-refractivity contribution < 1.29 is 23.1 Å². The number of nitrogens with zero attached hydrogens (tertiary/aromatic N) is 5. The van der Waals surface area contributed by atoms with Crippen LogP contribution in [0.4, 0.5) is 13.2 Å². The molecule has 0 unspecified atom stereocenters. The number of alkyl halides is 3. The maximum absolute atomic E-state index is 12.9. The molecule has 0 aliphatic rings. The molecule has 0 spiro atoms. The van der Waals surface area contributed by atoms with E-state index in [-0.39, 0.29) is 14.7 Å². The minimum Gasteiger partial charge on any atom is -0.480 e. The van der Waals surface area contributed by atoms with Gasteiger partial charge in [0.1, 0.15) is 11.6 Å². The van der Waals surface area contributed by atoms with Crippen LogP contribution in [0.15, 0.2) is 26.9 Å². The fraction of sp³-hybridized carbons (Fsp3) is 0.222. The summed E-state index contributed by atoms with van der Waals surface area (Å²) in [4.78, 5) is 14.3. The lowest BCUT2D eigenvalue weighted by Gasteiger charge is -2.11. The summed E-state index contributed by atoms with van der Waals surface area (Å²) in [5, 5.41) is 18.3. The summed E-state index contributed by atoms with van der Waals surface area (Å²) in [5.41, 5.74) is -0.966. The number of aromatic nitrogens is 5. The highest BCUT2D eigenvalue weighted by molar-refractivity contribution is 9.10. The number of carboxylic acids is 1. The largest absolute Gasteiger partial charge is 0.480 e. The number of halogens is 4. The van der Waals surface area contributed by atoms with Crippen molar-refractivity contribution in [1.82, 2.24) is 25.2 Å². The molecule has 0 saturated heterocycles. The van der Waals surface area contributed by atoms with Gasteiger partial charge in [0, 0.05) is 10.7 Å². The highest BCUT2D eigenvalue weighted by Crippen LogP contribution is 2.38. The van der Waals surface area contributed by atoms with Gasteiger partial charge in [-0.2, -0.15) is 13.2 Å². The quantitative estimate of drug-likeness (QED) is 0.863. The second kappa shape index (κ2) is 5.97. The molecule has 2 aromatic rings. The van der Waals surface area contributed by atoms with Crippen LogP contribution in [-0.4, -0.2) is 36.3 Å². The zero-order chi connectivity index (χ0) is 15.6. The first-order valence-electron chi connectivity index (χ1n) is 5.16. The summed E-state index contributed by atoms with van der Waals surface area (Å²) in [5.74, 6) is -1.22. The van der Waals surface area contributed by atoms with Gasteiger partial charge < -0.3 is 5.11 Å². The molecule has 12 heteroatoms. The summed E-state index contributed by atoms with van der Waals surface area (Å²) in [6.45, 7) is -0.562. The fourth-order valence-electron chi connectivity index (χ4n) is 1.29. The van der Waals surface area contributed by atoms with E-state index in [1.165, 1.54) is 6.20 Å². The van der Waals surface area contributed by atoms with Gasteiger partial charge in [-0.05, 0) is 44.2 Å². The summed E-state index contributed by atoms with van der Waals surface area (Å²) in [6.07, 6.45) is -3.41. The maximum atomic E-state index is 12.9. The lowest BCUT2D eigenvalue weighted by atomic mass is 10.3. The molecule has 0 bridgehead atoms. The van der Waals surface area contributed by atoms with Crippen molar-refractivity contribution in [2.24, 2.45) is 0 Å². The Kier molecular flexibility index (Phi) is 4.46. The number of carboxylic acid groups (broad SMARTS) is 1. The molecular weight excluding hydrogens is 379 g/mol. The second-order valence-corrected chi connectivity index (χ2v) is 5.49. The van der Waals surface area contributed by atoms with Gasteiger partial charge >= 0.3 is 12.1 Å². The van der Waals surface area contributed by atoms with Gasteiger partial charge in [0.2, 0.25) is 5.16 Å². The first-order chi connectivity index (χ1) is 9.77. The molecule has 2 heterocycles. The van der Waals surface area contributed by atoms with Gasteiger partial charge in [-0.3, -0.25) is 4.79 Å². The van der Waals surface area contributed by atoms with Crippen LogP contribution in [0.1, 0.15) is 5.56 Å². The second-order valence-electron chi connectivity index (χ2n) is 3.62. The highest BCUT2D eigenvalue weighted by atomic mass is 79.9. The van der Waals surface area contributed by atoms with Gasteiger partial charge in [-0.15, -0.1) is 5.10 Å². The van der Waals surface area contributed by atoms with Crippen LogP contribution in [0, 0.1) is 0 Å². The van der Waals surface area contributed by atoms with Gasteiger partial charge in [-0.25, -0.2) is 9.67 Å². The summed E-state index contributed by atoms with van der Waals surface area (Å²) < 4.78 is 39.9. The van der Waals surface area contributed by atoms with Gasteiger partial charge in [-0.1, -0.05) is 0 Å². The van der Waals surface area contributed by atoms with E-state index in [9.17, 15) is 18.0 Å². The van der Waals surface area contributed by atoms with Crippen molar-refractivity contribution in [2.45, 2.75) is 22.9 Å². The molecule has 21 heavy (non-hydrogen) atoms. The predicted molar refractivity (Wildman–Crippen MR) is 66.5 cm³/mol. The molecule has 2 aromatic heterocycles. The van der Waals surface area contributed by atoms with Crippen molar-refractivity contribution in [3.63, 3.8) is 0 Å². The normalized spacial score (nSPS) is 11.6. The zero-order valence-electron chi connectivity index (χ0n) is 9.87. The molecule has 0 saturated carbocycles. The SMILES string of the molecule is O=C(O)Cn1nnnc1Sc1ncc(Br)cc1C(F)(F)F. The Labute approximate surface area is 127 Å². The molecule has 1 N–H and O–H groups in total. The Morgan fingerprint density at radius 3 is 2.81 bits per heavy atom. The van der Waals surface area contributed by atoms with Crippen LogP contribution < -0.4 is 0 Å². The van der Waals surface area contributed by atoms with Crippen molar-refractivity contribution in [3.05, 3.63) is 22.3 Å². The van der Waals surface area contributed by atoms with E-state index >= 15 is 0 Å². The Morgan fingerprint density at radius 1 is 1.48 bits per heavy atom. The number of tetrazole rings is 1. The third-order valence-corrected chi connectivity index (χ3v) is 3.52. The fourth-order valence-corrected chi connectivity index (χ4v) is 2.47. The molecule has 112 valence electrons. The molecule has 0 aliphatic heterocycles. The topological polar surface area (TPSA) is 93.8 Å². The number of pyridine rings is 1. The first-order valence-corrected chi connectivity index (χ1v) is 6.77. The Hall–Kier alpha value is -1.69. The van der Waals surface area contributed by atoms with E-state index in [4.69, 9.17) is 5.11 Å². The first kappa shape index (κ1) is 15.7. The monoisotopic (exact) mass is 383 g/mol. The lowest BCUT2D eigenvalue weighted by Crippen LogP contribution is -2.12. The van der Waals surface area contributed by atoms with Crippen LogP contribution >= 0.6 is 27.7 Å². The third kappa shape index (κ3) is 3.91. The van der Waals surface area contributed by atoms with E-state index in [0.29, 0.717) is 11.8 Å². The number of aliphatic carboxylic acids is 1. The highest BCUT2D eigenvalue weighted by Gasteiger charge is 2.35. The number of carbonyl (C=O) groups is 1. The van der Waals surface area contributed by atoms with Crippen molar-refractivity contribution in [1.29, 1.82) is 0 Å². The van der Waals surface area contributed by atoms with Gasteiger partial charge in [0.25, 0.3) is 0 Å².